The van der Waals surface area contributed by atoms with Gasteiger partial charge in [-0.2, -0.15) is 0 Å². The Morgan fingerprint density at radius 3 is 2.41 bits per heavy atom. The smallest absolute Gasteiger partial charge is 0.268 e. The molecule has 0 unspecified atom stereocenters. The zero-order chi connectivity index (χ0) is 20.5. The molecule has 0 saturated carbocycles. The summed E-state index contributed by atoms with van der Waals surface area (Å²) >= 11 is 6.09. The molecule has 0 saturated heterocycles. The van der Waals surface area contributed by atoms with Gasteiger partial charge in [0.25, 0.3) is 17.7 Å². The summed E-state index contributed by atoms with van der Waals surface area (Å²) in [5.41, 5.74) is 1.43. The second-order valence-corrected chi connectivity index (χ2v) is 6.72. The summed E-state index contributed by atoms with van der Waals surface area (Å²) < 4.78 is 5.09. The molecule has 0 radical (unpaired) electrons. The lowest BCUT2D eigenvalue weighted by Gasteiger charge is -2.14. The van der Waals surface area contributed by atoms with Crippen LogP contribution >= 0.6 is 11.6 Å². The summed E-state index contributed by atoms with van der Waals surface area (Å²) in [7, 11) is 1.48. The van der Waals surface area contributed by atoms with Gasteiger partial charge in [-0.05, 0) is 42.5 Å². The lowest BCUT2D eigenvalue weighted by molar-refractivity contribution is 0.0926. The number of nitrogens with one attached hydrogen (secondary N) is 1. The molecule has 3 amide bonds. The highest BCUT2D eigenvalue weighted by molar-refractivity contribution is 6.36. The van der Waals surface area contributed by atoms with E-state index in [2.05, 4.69) is 5.32 Å². The first-order valence-electron chi connectivity index (χ1n) is 8.73. The lowest BCUT2D eigenvalue weighted by Crippen LogP contribution is -2.29. The van der Waals surface area contributed by atoms with Crippen molar-refractivity contribution in [2.24, 2.45) is 0 Å². The largest absolute Gasteiger partial charge is 0.495 e. The molecule has 7 heteroatoms. The van der Waals surface area contributed by atoms with Gasteiger partial charge in [0, 0.05) is 5.56 Å². The summed E-state index contributed by atoms with van der Waals surface area (Å²) in [6.45, 7) is 0. The Morgan fingerprint density at radius 1 is 0.966 bits per heavy atom. The van der Waals surface area contributed by atoms with Crippen LogP contribution in [0.15, 0.2) is 66.7 Å². The van der Waals surface area contributed by atoms with E-state index < -0.39 is 17.7 Å². The number of amides is 3. The molecule has 4 rings (SSSR count). The van der Waals surface area contributed by atoms with Crippen LogP contribution in [0.2, 0.25) is 5.02 Å². The first-order valence-corrected chi connectivity index (χ1v) is 9.11. The minimum atomic E-state index is -0.486. The van der Waals surface area contributed by atoms with Crippen LogP contribution in [-0.2, 0) is 0 Å². The predicted molar refractivity (Wildman–Crippen MR) is 110 cm³/mol. The van der Waals surface area contributed by atoms with E-state index in [0.29, 0.717) is 22.0 Å². The van der Waals surface area contributed by atoms with Gasteiger partial charge in [0.15, 0.2) is 0 Å². The van der Waals surface area contributed by atoms with Crippen molar-refractivity contribution < 1.29 is 19.1 Å². The average Bonchev–Trinajstić information content (AvgIpc) is 2.99. The number of fused-ring (bicyclic) bond motifs is 1. The first kappa shape index (κ1) is 18.7. The topological polar surface area (TPSA) is 75.7 Å². The molecule has 6 nitrogen and oxygen atoms in total. The number of nitrogens with zero attached hydrogens (tertiary/aromatic N) is 1. The summed E-state index contributed by atoms with van der Waals surface area (Å²) in [6.07, 6.45) is 0. The summed E-state index contributed by atoms with van der Waals surface area (Å²) in [5.74, 6) is -0.927. The Bertz CT molecular complexity index is 1140. The van der Waals surface area contributed by atoms with Crippen LogP contribution in [0.25, 0.3) is 0 Å². The summed E-state index contributed by atoms with van der Waals surface area (Å²) in [6, 6.07) is 18.0. The Morgan fingerprint density at radius 2 is 1.72 bits per heavy atom. The highest BCUT2D eigenvalue weighted by Crippen LogP contribution is 2.33. The van der Waals surface area contributed by atoms with Crippen molar-refractivity contribution in [3.05, 3.63) is 88.4 Å². The third-order valence-electron chi connectivity index (χ3n) is 4.59. The molecule has 3 aromatic carbocycles. The van der Waals surface area contributed by atoms with E-state index in [9.17, 15) is 14.4 Å². The molecule has 3 aromatic rings. The minimum absolute atomic E-state index is 0.161. The molecule has 1 aliphatic heterocycles. The number of para-hydroxylation sites is 1. The fraction of sp³-hybridized carbons (Fsp3) is 0.0455. The maximum absolute atomic E-state index is 13.0. The van der Waals surface area contributed by atoms with E-state index in [0.717, 1.165) is 4.90 Å². The van der Waals surface area contributed by atoms with Gasteiger partial charge in [-0.25, -0.2) is 4.90 Å². The molecule has 1 aliphatic rings. The van der Waals surface area contributed by atoms with E-state index in [-0.39, 0.29) is 16.8 Å². The van der Waals surface area contributed by atoms with Gasteiger partial charge in [0.05, 0.1) is 34.6 Å². The maximum Gasteiger partial charge on any atom is 0.268 e. The van der Waals surface area contributed by atoms with Crippen LogP contribution in [0.5, 0.6) is 5.75 Å². The van der Waals surface area contributed by atoms with Crippen LogP contribution in [0, 0.1) is 0 Å². The van der Waals surface area contributed by atoms with E-state index in [1.807, 2.05) is 0 Å². The van der Waals surface area contributed by atoms with Crippen molar-refractivity contribution in [2.45, 2.75) is 0 Å². The van der Waals surface area contributed by atoms with Gasteiger partial charge in [0.2, 0.25) is 0 Å². The van der Waals surface area contributed by atoms with Gasteiger partial charge in [-0.1, -0.05) is 35.9 Å². The predicted octanol–water partition coefficient (Wildman–Crippen LogP) is 4.40. The van der Waals surface area contributed by atoms with Gasteiger partial charge in [0.1, 0.15) is 5.75 Å². The number of anilines is 2. The molecule has 1 heterocycles. The first-order chi connectivity index (χ1) is 14.0. The number of carbonyl (C=O) groups excluding carboxylic acids is 3. The van der Waals surface area contributed by atoms with Crippen molar-refractivity contribution in [1.29, 1.82) is 0 Å². The van der Waals surface area contributed by atoms with Crippen molar-refractivity contribution in [2.75, 3.05) is 17.3 Å². The van der Waals surface area contributed by atoms with Crippen molar-refractivity contribution in [3.63, 3.8) is 0 Å². The number of carbonyl (C=O) groups is 3. The molecule has 0 fully saturated rings. The number of halogens is 1. The van der Waals surface area contributed by atoms with Crippen molar-refractivity contribution >= 4 is 40.7 Å². The highest BCUT2D eigenvalue weighted by Gasteiger charge is 2.38. The summed E-state index contributed by atoms with van der Waals surface area (Å²) in [4.78, 5) is 39.6. The van der Waals surface area contributed by atoms with Gasteiger partial charge in [-0.15, -0.1) is 0 Å². The van der Waals surface area contributed by atoms with Gasteiger partial charge in [-0.3, -0.25) is 14.4 Å². The van der Waals surface area contributed by atoms with Crippen LogP contribution in [0.4, 0.5) is 11.4 Å². The van der Waals surface area contributed by atoms with Crippen LogP contribution in [0.1, 0.15) is 31.1 Å². The number of hydrogen-bond donors (Lipinski definition) is 1. The lowest BCUT2D eigenvalue weighted by atomic mass is 10.1. The fourth-order valence-corrected chi connectivity index (χ4v) is 3.46. The van der Waals surface area contributed by atoms with E-state index in [1.165, 1.54) is 13.2 Å². The normalized spacial score (nSPS) is 12.7. The van der Waals surface area contributed by atoms with Crippen molar-refractivity contribution in [3.8, 4) is 5.75 Å². The van der Waals surface area contributed by atoms with Crippen molar-refractivity contribution in [1.82, 2.24) is 0 Å². The number of methoxy groups -OCH3 is 1. The zero-order valence-corrected chi connectivity index (χ0v) is 16.1. The van der Waals surface area contributed by atoms with Crippen LogP contribution in [0.3, 0.4) is 0 Å². The molecule has 0 atom stereocenters. The number of hydrogen-bond acceptors (Lipinski definition) is 4. The Kier molecular flexibility index (Phi) is 4.78. The second-order valence-electron chi connectivity index (χ2n) is 6.31. The van der Waals surface area contributed by atoms with Crippen LogP contribution in [-0.4, -0.2) is 24.8 Å². The molecule has 144 valence electrons. The standard InChI is InChI=1S/C22H15ClN2O4/c1-29-18-11-10-13(12-16(18)23)20(26)24-17-9-5-8-15-19(17)22(28)25(21(15)27)14-6-3-2-4-7-14/h2-12H,1H3,(H,24,26). The van der Waals surface area contributed by atoms with E-state index in [4.69, 9.17) is 16.3 Å². The molecule has 0 bridgehead atoms. The second kappa shape index (κ2) is 7.41. The van der Waals surface area contributed by atoms with E-state index >= 15 is 0 Å². The average molecular weight is 407 g/mol. The molecule has 0 spiro atoms. The van der Waals surface area contributed by atoms with Gasteiger partial charge >= 0.3 is 0 Å². The minimum Gasteiger partial charge on any atom is -0.495 e. The number of imide groups is 1. The number of rotatable bonds is 4. The Hall–Kier alpha value is -3.64. The monoisotopic (exact) mass is 406 g/mol. The number of ether oxygens (including phenoxy) is 1. The molecular formula is C22H15ClN2O4. The molecule has 29 heavy (non-hydrogen) atoms. The quantitative estimate of drug-likeness (QED) is 0.651. The Balaban J connectivity index is 1.67. The third kappa shape index (κ3) is 3.23. The zero-order valence-electron chi connectivity index (χ0n) is 15.3. The van der Waals surface area contributed by atoms with Crippen LogP contribution < -0.4 is 15.0 Å². The molecular weight excluding hydrogens is 392 g/mol. The van der Waals surface area contributed by atoms with Gasteiger partial charge < -0.3 is 10.1 Å². The molecule has 1 N–H and O–H groups in total. The SMILES string of the molecule is COc1ccc(C(=O)Nc2cccc3c2C(=O)N(c2ccccc2)C3=O)cc1Cl. The Labute approximate surface area is 171 Å². The van der Waals surface area contributed by atoms with E-state index in [1.54, 1.807) is 60.7 Å². The maximum atomic E-state index is 13.0. The third-order valence-corrected chi connectivity index (χ3v) is 4.89. The molecule has 0 aromatic heterocycles. The highest BCUT2D eigenvalue weighted by atomic mass is 35.5. The fourth-order valence-electron chi connectivity index (χ4n) is 3.20. The number of benzene rings is 3. The summed E-state index contributed by atoms with van der Waals surface area (Å²) in [5, 5.41) is 3.00. The molecule has 0 aliphatic carbocycles.